The average molecular weight is 486 g/mol. The number of ether oxygens (including phenoxy) is 2. The van der Waals surface area contributed by atoms with E-state index in [4.69, 9.17) is 9.47 Å². The van der Waals surface area contributed by atoms with E-state index in [1.54, 1.807) is 48.5 Å². The first-order valence-electron chi connectivity index (χ1n) is 11.6. The molecule has 2 fully saturated rings. The van der Waals surface area contributed by atoms with E-state index < -0.39 is 10.0 Å². The van der Waals surface area contributed by atoms with Crippen molar-refractivity contribution in [2.24, 2.45) is 0 Å². The Bertz CT molecular complexity index is 1110. The van der Waals surface area contributed by atoms with E-state index in [-0.39, 0.29) is 10.8 Å². The van der Waals surface area contributed by atoms with E-state index in [0.717, 1.165) is 31.6 Å². The summed E-state index contributed by atoms with van der Waals surface area (Å²) in [6.07, 6.45) is 4.95. The van der Waals surface area contributed by atoms with Crippen LogP contribution in [0.3, 0.4) is 0 Å². The molecule has 2 saturated heterocycles. The largest absolute Gasteiger partial charge is 0.490 e. The number of benzene rings is 2. The summed E-state index contributed by atoms with van der Waals surface area (Å²) in [4.78, 5) is 15.4. The highest BCUT2D eigenvalue weighted by molar-refractivity contribution is 7.89. The predicted octanol–water partition coefficient (Wildman–Crippen LogP) is 3.51. The number of hydrogen-bond donors (Lipinski definition) is 1. The van der Waals surface area contributed by atoms with Crippen molar-refractivity contribution < 1.29 is 22.7 Å². The lowest BCUT2D eigenvalue weighted by Crippen LogP contribution is -2.40. The Morgan fingerprint density at radius 2 is 1.74 bits per heavy atom. The molecule has 2 aromatic rings. The number of piperidine rings is 1. The molecule has 0 atom stereocenters. The summed E-state index contributed by atoms with van der Waals surface area (Å²) in [5.74, 6) is 0.332. The number of carbonyl (C=O) groups is 1. The van der Waals surface area contributed by atoms with E-state index in [9.17, 15) is 13.2 Å². The number of rotatable bonds is 8. The molecule has 0 bridgehead atoms. The van der Waals surface area contributed by atoms with E-state index in [1.165, 1.54) is 10.7 Å². The normalized spacial score (nSPS) is 17.2. The van der Waals surface area contributed by atoms with Crippen LogP contribution in [0.1, 0.15) is 29.6 Å². The molecule has 1 N–H and O–H groups in total. The predicted molar refractivity (Wildman–Crippen MR) is 132 cm³/mol. The molecule has 182 valence electrons. The lowest BCUT2D eigenvalue weighted by molar-refractivity contribution is 0.0730. The van der Waals surface area contributed by atoms with Crippen LogP contribution < -0.4 is 15.0 Å². The molecule has 2 aliphatic heterocycles. The van der Waals surface area contributed by atoms with Gasteiger partial charge in [0.2, 0.25) is 10.0 Å². The number of anilines is 2. The Morgan fingerprint density at radius 3 is 2.41 bits per heavy atom. The molecule has 0 saturated carbocycles. The molecule has 0 unspecified atom stereocenters. The molecule has 2 aliphatic rings. The van der Waals surface area contributed by atoms with E-state index in [2.05, 4.69) is 16.8 Å². The van der Waals surface area contributed by atoms with Crippen LogP contribution in [0.2, 0.25) is 0 Å². The number of carbonyl (C=O) groups excluding carboxylic acids is 1. The maximum atomic E-state index is 13.2. The van der Waals surface area contributed by atoms with Crippen LogP contribution in [0.25, 0.3) is 0 Å². The van der Waals surface area contributed by atoms with Gasteiger partial charge in [-0.1, -0.05) is 12.7 Å². The summed E-state index contributed by atoms with van der Waals surface area (Å²) in [5.41, 5.74) is 1.78. The zero-order chi connectivity index (χ0) is 24.0. The highest BCUT2D eigenvalue weighted by atomic mass is 32.2. The number of nitrogens with one attached hydrogen (secondary N) is 1. The van der Waals surface area contributed by atoms with Gasteiger partial charge in [0.1, 0.15) is 12.4 Å². The van der Waals surface area contributed by atoms with Gasteiger partial charge in [-0.3, -0.25) is 4.79 Å². The van der Waals surface area contributed by atoms with Gasteiger partial charge >= 0.3 is 0 Å². The second-order valence-corrected chi connectivity index (χ2v) is 10.3. The number of morpholine rings is 1. The van der Waals surface area contributed by atoms with Gasteiger partial charge in [-0.25, -0.2) is 8.42 Å². The van der Waals surface area contributed by atoms with Crippen molar-refractivity contribution in [3.05, 3.63) is 60.7 Å². The van der Waals surface area contributed by atoms with Crippen LogP contribution in [-0.4, -0.2) is 64.6 Å². The topological polar surface area (TPSA) is 88.2 Å². The number of amides is 1. The third-order valence-corrected chi connectivity index (χ3v) is 7.90. The Kier molecular flexibility index (Phi) is 7.87. The molecule has 0 aromatic heterocycles. The zero-order valence-electron chi connectivity index (χ0n) is 19.2. The van der Waals surface area contributed by atoms with Crippen molar-refractivity contribution in [1.29, 1.82) is 0 Å². The molecular weight excluding hydrogens is 454 g/mol. The van der Waals surface area contributed by atoms with Crippen molar-refractivity contribution >= 4 is 27.3 Å². The molecule has 0 radical (unpaired) electrons. The fourth-order valence-corrected chi connectivity index (χ4v) is 5.61. The fourth-order valence-electron chi connectivity index (χ4n) is 4.17. The van der Waals surface area contributed by atoms with E-state index >= 15 is 0 Å². The van der Waals surface area contributed by atoms with Crippen LogP contribution in [-0.2, 0) is 14.8 Å². The maximum Gasteiger partial charge on any atom is 0.255 e. The van der Waals surface area contributed by atoms with Gasteiger partial charge in [-0.15, -0.1) is 0 Å². The fraction of sp³-hybridized carbons (Fsp3) is 0.400. The third-order valence-electron chi connectivity index (χ3n) is 6.01. The highest BCUT2D eigenvalue weighted by Crippen LogP contribution is 2.32. The van der Waals surface area contributed by atoms with Crippen molar-refractivity contribution in [1.82, 2.24) is 4.31 Å². The smallest absolute Gasteiger partial charge is 0.255 e. The first kappa shape index (κ1) is 24.3. The van der Waals surface area contributed by atoms with Gasteiger partial charge < -0.3 is 19.7 Å². The molecule has 9 heteroatoms. The Hall–Kier alpha value is -2.88. The number of hydrogen-bond acceptors (Lipinski definition) is 6. The minimum Gasteiger partial charge on any atom is -0.490 e. The second kappa shape index (κ2) is 11.0. The summed E-state index contributed by atoms with van der Waals surface area (Å²) >= 11 is 0. The quantitative estimate of drug-likeness (QED) is 0.576. The second-order valence-electron chi connectivity index (χ2n) is 8.32. The summed E-state index contributed by atoms with van der Waals surface area (Å²) in [6.45, 7) is 7.13. The SMILES string of the molecule is C=CCOc1ccc(C(=O)Nc2cc(S(=O)(=O)N3CCOCC3)ccc2N2CCCCC2)cc1. The monoisotopic (exact) mass is 485 g/mol. The minimum absolute atomic E-state index is 0.165. The molecule has 8 nitrogen and oxygen atoms in total. The van der Waals surface area contributed by atoms with Crippen molar-refractivity contribution in [3.63, 3.8) is 0 Å². The van der Waals surface area contributed by atoms with Crippen molar-refractivity contribution in [3.8, 4) is 5.75 Å². The van der Waals surface area contributed by atoms with Gasteiger partial charge in [-0.05, 0) is 61.7 Å². The molecule has 1 amide bonds. The standard InChI is InChI=1S/C25H31N3O5S/c1-2-16-33-21-8-6-20(7-9-21)25(29)26-23-19-22(34(30,31)28-14-17-32-18-15-28)10-11-24(23)27-12-4-3-5-13-27/h2,6-11,19H,1,3-5,12-18H2,(H,26,29). The average Bonchev–Trinajstić information content (AvgIpc) is 2.88. The highest BCUT2D eigenvalue weighted by Gasteiger charge is 2.28. The maximum absolute atomic E-state index is 13.2. The van der Waals surface area contributed by atoms with E-state index in [0.29, 0.717) is 49.9 Å². The lowest BCUT2D eigenvalue weighted by atomic mass is 10.1. The van der Waals surface area contributed by atoms with Gasteiger partial charge in [0.15, 0.2) is 0 Å². The molecule has 2 heterocycles. The first-order valence-corrected chi connectivity index (χ1v) is 13.0. The summed E-state index contributed by atoms with van der Waals surface area (Å²) < 4.78 is 38.7. The van der Waals surface area contributed by atoms with Gasteiger partial charge in [0.05, 0.1) is 29.5 Å². The van der Waals surface area contributed by atoms with Gasteiger partial charge in [0.25, 0.3) is 5.91 Å². The molecule has 2 aromatic carbocycles. The Labute approximate surface area is 201 Å². The summed E-state index contributed by atoms with van der Waals surface area (Å²) in [6, 6.07) is 11.8. The van der Waals surface area contributed by atoms with Gasteiger partial charge in [0, 0.05) is 31.7 Å². The summed E-state index contributed by atoms with van der Waals surface area (Å²) in [7, 11) is -3.69. The lowest BCUT2D eigenvalue weighted by Gasteiger charge is -2.31. The van der Waals surface area contributed by atoms with Crippen LogP contribution >= 0.6 is 0 Å². The van der Waals surface area contributed by atoms with Gasteiger partial charge in [-0.2, -0.15) is 4.31 Å². The third kappa shape index (κ3) is 5.60. The summed E-state index contributed by atoms with van der Waals surface area (Å²) in [5, 5.41) is 2.96. The molecule has 0 spiro atoms. The van der Waals surface area contributed by atoms with Crippen LogP contribution in [0.15, 0.2) is 60.0 Å². The Balaban J connectivity index is 1.61. The van der Waals surface area contributed by atoms with Crippen LogP contribution in [0, 0.1) is 0 Å². The zero-order valence-corrected chi connectivity index (χ0v) is 20.1. The molecular formula is C25H31N3O5S. The van der Waals surface area contributed by atoms with Crippen molar-refractivity contribution in [2.45, 2.75) is 24.2 Å². The van der Waals surface area contributed by atoms with Crippen LogP contribution in [0.4, 0.5) is 11.4 Å². The van der Waals surface area contributed by atoms with E-state index in [1.807, 2.05) is 0 Å². The molecule has 34 heavy (non-hydrogen) atoms. The van der Waals surface area contributed by atoms with Crippen LogP contribution in [0.5, 0.6) is 5.75 Å². The number of sulfonamides is 1. The molecule has 4 rings (SSSR count). The van der Waals surface area contributed by atoms with Crippen molar-refractivity contribution in [2.75, 3.05) is 56.2 Å². The first-order chi connectivity index (χ1) is 16.5. The Morgan fingerprint density at radius 1 is 1.03 bits per heavy atom. The minimum atomic E-state index is -3.69. The molecule has 0 aliphatic carbocycles. The number of nitrogens with zero attached hydrogens (tertiary/aromatic N) is 2.